The Morgan fingerprint density at radius 2 is 1.57 bits per heavy atom. The van der Waals surface area contributed by atoms with Crippen LogP contribution in [0.4, 0.5) is 11.9 Å². The Morgan fingerprint density at radius 3 is 2.19 bits per heavy atom. The van der Waals surface area contributed by atoms with Gasteiger partial charge in [-0.1, -0.05) is 0 Å². The molecule has 1 fully saturated rings. The van der Waals surface area contributed by atoms with Gasteiger partial charge in [0, 0.05) is 50.3 Å². The number of methoxy groups -OCH3 is 1. The third-order valence-electron chi connectivity index (χ3n) is 3.43. The number of nitrogens with zero attached hydrogens (tertiary/aromatic N) is 6. The van der Waals surface area contributed by atoms with Gasteiger partial charge in [-0.15, -0.1) is 0 Å². The van der Waals surface area contributed by atoms with E-state index in [1.54, 1.807) is 19.5 Å². The van der Waals surface area contributed by atoms with Gasteiger partial charge in [-0.2, -0.15) is 4.98 Å². The Balaban J connectivity index is 1.70. The van der Waals surface area contributed by atoms with E-state index in [9.17, 15) is 0 Å². The van der Waals surface area contributed by atoms with Gasteiger partial charge in [0.1, 0.15) is 0 Å². The van der Waals surface area contributed by atoms with Crippen molar-refractivity contribution >= 4 is 11.9 Å². The van der Waals surface area contributed by atoms with Crippen molar-refractivity contribution in [3.05, 3.63) is 30.2 Å². The average Bonchev–Trinajstić information content (AvgIpc) is 2.55. The molecule has 3 heterocycles. The molecule has 0 spiro atoms. The van der Waals surface area contributed by atoms with Crippen molar-refractivity contribution in [1.29, 1.82) is 0 Å². The first-order valence-electron chi connectivity index (χ1n) is 6.93. The Kier molecular flexibility index (Phi) is 3.81. The topological polar surface area (TPSA) is 67.3 Å². The fourth-order valence-corrected chi connectivity index (χ4v) is 2.33. The van der Waals surface area contributed by atoms with Crippen molar-refractivity contribution in [3.63, 3.8) is 0 Å². The summed E-state index contributed by atoms with van der Waals surface area (Å²) in [7, 11) is 1.62. The number of hydrogen-bond donors (Lipinski definition) is 0. The summed E-state index contributed by atoms with van der Waals surface area (Å²) in [5.74, 6) is 2.10. The zero-order chi connectivity index (χ0) is 14.7. The Morgan fingerprint density at radius 1 is 0.952 bits per heavy atom. The van der Waals surface area contributed by atoms with E-state index >= 15 is 0 Å². The molecule has 0 amide bonds. The highest BCUT2D eigenvalue weighted by Gasteiger charge is 2.21. The lowest BCUT2D eigenvalue weighted by Gasteiger charge is -2.34. The van der Waals surface area contributed by atoms with E-state index in [2.05, 4.69) is 29.7 Å². The van der Waals surface area contributed by atoms with Crippen LogP contribution < -0.4 is 14.5 Å². The van der Waals surface area contributed by atoms with Crippen molar-refractivity contribution in [2.75, 3.05) is 43.1 Å². The van der Waals surface area contributed by atoms with Gasteiger partial charge in [-0.05, 0) is 13.0 Å². The zero-order valence-corrected chi connectivity index (χ0v) is 12.2. The van der Waals surface area contributed by atoms with E-state index in [1.165, 1.54) is 0 Å². The van der Waals surface area contributed by atoms with E-state index in [4.69, 9.17) is 4.74 Å². The predicted octanol–water partition coefficient (Wildman–Crippen LogP) is 0.910. The minimum absolute atomic E-state index is 0.603. The molecule has 2 aromatic heterocycles. The van der Waals surface area contributed by atoms with Gasteiger partial charge in [-0.3, -0.25) is 0 Å². The van der Waals surface area contributed by atoms with Gasteiger partial charge in [0.15, 0.2) is 0 Å². The monoisotopic (exact) mass is 286 g/mol. The van der Waals surface area contributed by atoms with Crippen LogP contribution in [0, 0.1) is 6.92 Å². The molecule has 0 N–H and O–H groups in total. The van der Waals surface area contributed by atoms with Crippen LogP contribution >= 0.6 is 0 Å². The van der Waals surface area contributed by atoms with Crippen LogP contribution in [0.5, 0.6) is 5.88 Å². The summed E-state index contributed by atoms with van der Waals surface area (Å²) < 4.78 is 5.21. The van der Waals surface area contributed by atoms with Crippen LogP contribution in [-0.4, -0.2) is 53.2 Å². The number of piperazine rings is 1. The maximum atomic E-state index is 5.21. The summed E-state index contributed by atoms with van der Waals surface area (Å²) in [5.41, 5.74) is 0.908. The van der Waals surface area contributed by atoms with E-state index in [-0.39, 0.29) is 0 Å². The Hall–Kier alpha value is -2.44. The molecule has 110 valence electrons. The van der Waals surface area contributed by atoms with Gasteiger partial charge in [-0.25, -0.2) is 15.0 Å². The fourth-order valence-electron chi connectivity index (χ4n) is 2.33. The molecule has 0 saturated carbocycles. The van der Waals surface area contributed by atoms with Crippen molar-refractivity contribution in [2.45, 2.75) is 6.92 Å². The second kappa shape index (κ2) is 5.90. The van der Waals surface area contributed by atoms with E-state index in [1.807, 2.05) is 19.1 Å². The van der Waals surface area contributed by atoms with Crippen LogP contribution in [0.15, 0.2) is 24.5 Å². The van der Waals surface area contributed by atoms with Gasteiger partial charge >= 0.3 is 0 Å². The molecule has 0 aliphatic carbocycles. The van der Waals surface area contributed by atoms with E-state index in [0.29, 0.717) is 5.88 Å². The second-order valence-corrected chi connectivity index (χ2v) is 4.87. The predicted molar refractivity (Wildman–Crippen MR) is 79.8 cm³/mol. The lowest BCUT2D eigenvalue weighted by atomic mass is 10.3. The van der Waals surface area contributed by atoms with Gasteiger partial charge in [0.2, 0.25) is 17.8 Å². The van der Waals surface area contributed by atoms with Crippen molar-refractivity contribution in [1.82, 2.24) is 19.9 Å². The summed E-state index contributed by atoms with van der Waals surface area (Å²) in [4.78, 5) is 21.8. The quantitative estimate of drug-likeness (QED) is 0.830. The number of anilines is 2. The molecule has 0 bridgehead atoms. The number of aromatic nitrogens is 4. The average molecular weight is 286 g/mol. The molecular weight excluding hydrogens is 268 g/mol. The number of rotatable bonds is 3. The largest absolute Gasteiger partial charge is 0.481 e. The SMILES string of the molecule is COc1cc(C)nc(N2CCN(c3ncccn3)CC2)n1. The highest BCUT2D eigenvalue weighted by atomic mass is 16.5. The summed E-state index contributed by atoms with van der Waals surface area (Å²) in [6.07, 6.45) is 3.53. The molecule has 7 nitrogen and oxygen atoms in total. The third kappa shape index (κ3) is 3.01. The molecule has 0 unspecified atom stereocenters. The minimum Gasteiger partial charge on any atom is -0.481 e. The first-order chi connectivity index (χ1) is 10.3. The first-order valence-corrected chi connectivity index (χ1v) is 6.93. The Bertz CT molecular complexity index is 598. The molecule has 0 atom stereocenters. The smallest absolute Gasteiger partial charge is 0.228 e. The highest BCUT2D eigenvalue weighted by Crippen LogP contribution is 2.18. The summed E-state index contributed by atoms with van der Waals surface area (Å²) >= 11 is 0. The number of hydrogen-bond acceptors (Lipinski definition) is 7. The van der Waals surface area contributed by atoms with Crippen molar-refractivity contribution in [3.8, 4) is 5.88 Å². The van der Waals surface area contributed by atoms with Gasteiger partial charge < -0.3 is 14.5 Å². The first kappa shape index (κ1) is 13.5. The molecular formula is C14H18N6O. The normalized spacial score (nSPS) is 15.1. The van der Waals surface area contributed by atoms with Crippen molar-refractivity contribution < 1.29 is 4.74 Å². The van der Waals surface area contributed by atoms with Crippen LogP contribution in [0.3, 0.4) is 0 Å². The molecule has 0 aromatic carbocycles. The molecule has 1 aliphatic rings. The summed E-state index contributed by atoms with van der Waals surface area (Å²) in [6, 6.07) is 3.66. The maximum Gasteiger partial charge on any atom is 0.228 e. The van der Waals surface area contributed by atoms with Crippen LogP contribution in [0.1, 0.15) is 5.69 Å². The van der Waals surface area contributed by atoms with Gasteiger partial charge in [0.25, 0.3) is 0 Å². The van der Waals surface area contributed by atoms with Crippen LogP contribution in [0.25, 0.3) is 0 Å². The van der Waals surface area contributed by atoms with Crippen molar-refractivity contribution in [2.24, 2.45) is 0 Å². The summed E-state index contributed by atoms with van der Waals surface area (Å²) in [5, 5.41) is 0. The molecule has 1 aliphatic heterocycles. The molecule has 1 saturated heterocycles. The second-order valence-electron chi connectivity index (χ2n) is 4.87. The Labute approximate surface area is 123 Å². The molecule has 0 radical (unpaired) electrons. The summed E-state index contributed by atoms with van der Waals surface area (Å²) in [6.45, 7) is 5.32. The number of ether oxygens (including phenoxy) is 1. The van der Waals surface area contributed by atoms with E-state index < -0.39 is 0 Å². The molecule has 3 rings (SSSR count). The minimum atomic E-state index is 0.603. The lowest BCUT2D eigenvalue weighted by Crippen LogP contribution is -2.47. The molecule has 2 aromatic rings. The van der Waals surface area contributed by atoms with E-state index in [0.717, 1.165) is 43.8 Å². The lowest BCUT2D eigenvalue weighted by molar-refractivity contribution is 0.396. The standard InChI is InChI=1S/C14H18N6O/c1-11-10-12(21-2)18-14(17-11)20-8-6-19(7-9-20)13-15-4-3-5-16-13/h3-5,10H,6-9H2,1-2H3. The van der Waals surface area contributed by atoms with Crippen LogP contribution in [0.2, 0.25) is 0 Å². The zero-order valence-electron chi connectivity index (χ0n) is 12.2. The fraction of sp³-hybridized carbons (Fsp3) is 0.429. The van der Waals surface area contributed by atoms with Crippen LogP contribution in [-0.2, 0) is 0 Å². The highest BCUT2D eigenvalue weighted by molar-refractivity contribution is 5.39. The molecule has 21 heavy (non-hydrogen) atoms. The maximum absolute atomic E-state index is 5.21. The molecule has 7 heteroatoms. The number of aryl methyl sites for hydroxylation is 1. The van der Waals surface area contributed by atoms with Gasteiger partial charge in [0.05, 0.1) is 7.11 Å². The third-order valence-corrected chi connectivity index (χ3v) is 3.43.